The molecule has 0 saturated carbocycles. The number of aliphatic hydroxyl groups is 1. The third-order valence-electron chi connectivity index (χ3n) is 3.59. The second-order valence-corrected chi connectivity index (χ2v) is 4.96. The van der Waals surface area contributed by atoms with Crippen LogP contribution in [-0.4, -0.2) is 29.6 Å². The Hall–Kier alpha value is -0.930. The van der Waals surface area contributed by atoms with E-state index >= 15 is 0 Å². The highest BCUT2D eigenvalue weighted by Crippen LogP contribution is 2.36. The smallest absolute Gasteiger partial charge is 0.123 e. The average molecular weight is 223 g/mol. The molecule has 1 aromatic carbocycles. The van der Waals surface area contributed by atoms with Gasteiger partial charge in [-0.05, 0) is 50.6 Å². The van der Waals surface area contributed by atoms with Gasteiger partial charge in [0.15, 0.2) is 0 Å². The van der Waals surface area contributed by atoms with Crippen LogP contribution in [0.25, 0.3) is 0 Å². The molecular formula is C13H18FNO. The lowest BCUT2D eigenvalue weighted by atomic mass is 9.88. The van der Waals surface area contributed by atoms with Gasteiger partial charge < -0.3 is 10.0 Å². The van der Waals surface area contributed by atoms with Crippen molar-refractivity contribution < 1.29 is 9.50 Å². The van der Waals surface area contributed by atoms with Crippen molar-refractivity contribution in [3.05, 3.63) is 35.1 Å². The van der Waals surface area contributed by atoms with Gasteiger partial charge in [-0.15, -0.1) is 0 Å². The molecule has 2 nitrogen and oxygen atoms in total. The second kappa shape index (κ2) is 3.82. The lowest BCUT2D eigenvalue weighted by Crippen LogP contribution is -2.30. The number of β-amino-alcohol motifs (C(OH)–C–C–N with tert-alkyl or cyclic N) is 1. The highest BCUT2D eigenvalue weighted by Gasteiger charge is 2.40. The number of likely N-dealkylation sites (N-methyl/N-ethyl adjacent to an activating group) is 1. The van der Waals surface area contributed by atoms with E-state index in [1.165, 1.54) is 12.1 Å². The minimum atomic E-state index is -0.827. The number of nitrogens with zero attached hydrogens (tertiary/aromatic N) is 1. The fourth-order valence-electron chi connectivity index (χ4n) is 2.62. The molecule has 2 atom stereocenters. The molecule has 1 aliphatic rings. The lowest BCUT2D eigenvalue weighted by molar-refractivity contribution is 0.0479. The molecule has 2 rings (SSSR count). The van der Waals surface area contributed by atoms with Gasteiger partial charge >= 0.3 is 0 Å². The normalized spacial score (nSPS) is 30.9. The maximum absolute atomic E-state index is 13.0. The summed E-state index contributed by atoms with van der Waals surface area (Å²) in [5.41, 5.74) is 0.849. The molecule has 0 radical (unpaired) electrons. The van der Waals surface area contributed by atoms with Crippen LogP contribution in [0.3, 0.4) is 0 Å². The molecule has 0 bridgehead atoms. The highest BCUT2D eigenvalue weighted by molar-refractivity contribution is 5.33. The summed E-state index contributed by atoms with van der Waals surface area (Å²) in [6.07, 6.45) is 0.704. The van der Waals surface area contributed by atoms with Gasteiger partial charge in [0.25, 0.3) is 0 Å². The van der Waals surface area contributed by atoms with Crippen LogP contribution in [0.15, 0.2) is 18.2 Å². The zero-order chi connectivity index (χ0) is 11.9. The topological polar surface area (TPSA) is 23.5 Å². The summed E-state index contributed by atoms with van der Waals surface area (Å²) in [6, 6.07) is 4.96. The van der Waals surface area contributed by atoms with Gasteiger partial charge in [0.2, 0.25) is 0 Å². The van der Waals surface area contributed by atoms with Crippen LogP contribution < -0.4 is 0 Å². The molecule has 1 N–H and O–H groups in total. The van der Waals surface area contributed by atoms with Crippen molar-refractivity contribution in [1.29, 1.82) is 0 Å². The largest absolute Gasteiger partial charge is 0.384 e. The van der Waals surface area contributed by atoms with Crippen LogP contribution in [0.4, 0.5) is 4.39 Å². The standard InChI is InChI=1S/C13H18FNO/c1-9-6-11(14)4-5-12(9)13(16)7-10(2)15(3)8-13/h4-6,10,16H,7-8H2,1-3H3. The average Bonchev–Trinajstić information content (AvgIpc) is 2.41. The Morgan fingerprint density at radius 3 is 2.69 bits per heavy atom. The van der Waals surface area contributed by atoms with Gasteiger partial charge in [-0.1, -0.05) is 6.07 Å². The zero-order valence-electron chi connectivity index (χ0n) is 10.00. The Bertz CT molecular complexity index is 395. The summed E-state index contributed by atoms with van der Waals surface area (Å²) in [7, 11) is 2.00. The molecule has 3 heteroatoms. The molecule has 1 saturated heterocycles. The summed E-state index contributed by atoms with van der Waals surface area (Å²) in [6.45, 7) is 4.55. The number of likely N-dealkylation sites (tertiary alicyclic amines) is 1. The van der Waals surface area contributed by atoms with Crippen LogP contribution in [-0.2, 0) is 5.60 Å². The zero-order valence-corrected chi connectivity index (χ0v) is 10.00. The predicted molar refractivity (Wildman–Crippen MR) is 61.7 cm³/mol. The summed E-state index contributed by atoms with van der Waals surface area (Å²) >= 11 is 0. The Morgan fingerprint density at radius 2 is 2.19 bits per heavy atom. The summed E-state index contributed by atoms with van der Waals surface area (Å²) in [5.74, 6) is -0.246. The monoisotopic (exact) mass is 223 g/mol. The van der Waals surface area contributed by atoms with E-state index in [1.807, 2.05) is 14.0 Å². The van der Waals surface area contributed by atoms with E-state index in [0.29, 0.717) is 19.0 Å². The van der Waals surface area contributed by atoms with E-state index in [-0.39, 0.29) is 5.82 Å². The SMILES string of the molecule is Cc1cc(F)ccc1C1(O)CC(C)N(C)C1. The van der Waals surface area contributed by atoms with E-state index in [2.05, 4.69) is 11.8 Å². The van der Waals surface area contributed by atoms with Crippen molar-refractivity contribution in [3.63, 3.8) is 0 Å². The number of rotatable bonds is 1. The molecule has 0 aliphatic carbocycles. The van der Waals surface area contributed by atoms with Gasteiger partial charge in [-0.3, -0.25) is 0 Å². The van der Waals surface area contributed by atoms with Crippen LogP contribution in [0.5, 0.6) is 0 Å². The third-order valence-corrected chi connectivity index (χ3v) is 3.59. The van der Waals surface area contributed by atoms with Gasteiger partial charge in [-0.25, -0.2) is 4.39 Å². The Balaban J connectivity index is 2.37. The highest BCUT2D eigenvalue weighted by atomic mass is 19.1. The quantitative estimate of drug-likeness (QED) is 0.787. The minimum absolute atomic E-state index is 0.246. The molecule has 1 aliphatic heterocycles. The van der Waals surface area contributed by atoms with Crippen molar-refractivity contribution in [2.75, 3.05) is 13.6 Å². The van der Waals surface area contributed by atoms with E-state index in [0.717, 1.165) is 11.1 Å². The summed E-state index contributed by atoms with van der Waals surface area (Å²) in [5, 5.41) is 10.6. The summed E-state index contributed by atoms with van der Waals surface area (Å²) < 4.78 is 13.0. The third kappa shape index (κ3) is 1.85. The maximum atomic E-state index is 13.0. The Labute approximate surface area is 95.7 Å². The summed E-state index contributed by atoms with van der Waals surface area (Å²) in [4.78, 5) is 2.13. The molecule has 0 aromatic heterocycles. The predicted octanol–water partition coefficient (Wildman–Crippen LogP) is 2.05. The number of aryl methyl sites for hydroxylation is 1. The Morgan fingerprint density at radius 1 is 1.50 bits per heavy atom. The van der Waals surface area contributed by atoms with Crippen LogP contribution in [0.2, 0.25) is 0 Å². The van der Waals surface area contributed by atoms with Gasteiger partial charge in [0, 0.05) is 12.6 Å². The maximum Gasteiger partial charge on any atom is 0.123 e. The van der Waals surface area contributed by atoms with Crippen molar-refractivity contribution in [3.8, 4) is 0 Å². The fourth-order valence-corrected chi connectivity index (χ4v) is 2.62. The molecule has 88 valence electrons. The van der Waals surface area contributed by atoms with Crippen molar-refractivity contribution in [2.45, 2.75) is 31.9 Å². The van der Waals surface area contributed by atoms with Gasteiger partial charge in [-0.2, -0.15) is 0 Å². The molecule has 1 heterocycles. The molecule has 2 unspecified atom stereocenters. The first-order chi connectivity index (χ1) is 7.42. The van der Waals surface area contributed by atoms with Crippen LogP contribution in [0, 0.1) is 12.7 Å². The van der Waals surface area contributed by atoms with Gasteiger partial charge in [0.05, 0.1) is 0 Å². The molecule has 16 heavy (non-hydrogen) atoms. The van der Waals surface area contributed by atoms with E-state index in [9.17, 15) is 9.50 Å². The molecule has 0 amide bonds. The van der Waals surface area contributed by atoms with Crippen molar-refractivity contribution in [2.24, 2.45) is 0 Å². The van der Waals surface area contributed by atoms with E-state index in [4.69, 9.17) is 0 Å². The number of halogens is 1. The Kier molecular flexibility index (Phi) is 2.76. The van der Waals surface area contributed by atoms with E-state index < -0.39 is 5.60 Å². The first-order valence-electron chi connectivity index (χ1n) is 5.61. The van der Waals surface area contributed by atoms with Crippen molar-refractivity contribution in [1.82, 2.24) is 4.90 Å². The number of hydrogen-bond donors (Lipinski definition) is 1. The molecule has 1 fully saturated rings. The molecule has 0 spiro atoms. The lowest BCUT2D eigenvalue weighted by Gasteiger charge is -2.24. The minimum Gasteiger partial charge on any atom is -0.384 e. The van der Waals surface area contributed by atoms with Crippen LogP contribution >= 0.6 is 0 Å². The van der Waals surface area contributed by atoms with Crippen LogP contribution in [0.1, 0.15) is 24.5 Å². The fraction of sp³-hybridized carbons (Fsp3) is 0.538. The first kappa shape index (κ1) is 11.6. The van der Waals surface area contributed by atoms with E-state index in [1.54, 1.807) is 6.07 Å². The van der Waals surface area contributed by atoms with Gasteiger partial charge in [0.1, 0.15) is 11.4 Å². The molecular weight excluding hydrogens is 205 g/mol. The number of benzene rings is 1. The first-order valence-corrected chi connectivity index (χ1v) is 5.61. The second-order valence-electron chi connectivity index (χ2n) is 4.96. The molecule has 1 aromatic rings. The van der Waals surface area contributed by atoms with Crippen molar-refractivity contribution >= 4 is 0 Å². The number of hydrogen-bond acceptors (Lipinski definition) is 2.